The highest BCUT2D eigenvalue weighted by Crippen LogP contribution is 2.29. The molecule has 0 atom stereocenters. The van der Waals surface area contributed by atoms with Gasteiger partial charge in [-0.3, -0.25) is 4.79 Å². The van der Waals surface area contributed by atoms with Gasteiger partial charge in [0.15, 0.2) is 11.5 Å². The van der Waals surface area contributed by atoms with Gasteiger partial charge in [-0.05, 0) is 53.6 Å². The summed E-state index contributed by atoms with van der Waals surface area (Å²) in [5.41, 5.74) is 4.72. The monoisotopic (exact) mass is 495 g/mol. The molecule has 0 spiro atoms. The summed E-state index contributed by atoms with van der Waals surface area (Å²) in [6.45, 7) is 2.61. The van der Waals surface area contributed by atoms with Crippen molar-refractivity contribution in [2.45, 2.75) is 18.4 Å². The van der Waals surface area contributed by atoms with Crippen LogP contribution >= 0.6 is 11.8 Å². The summed E-state index contributed by atoms with van der Waals surface area (Å²) in [5.74, 6) is 1.20. The lowest BCUT2D eigenvalue weighted by Gasteiger charge is -2.13. The molecule has 0 aliphatic heterocycles. The van der Waals surface area contributed by atoms with Gasteiger partial charge in [-0.2, -0.15) is 10.4 Å². The molecule has 0 heterocycles. The van der Waals surface area contributed by atoms with E-state index in [9.17, 15) is 10.1 Å². The van der Waals surface area contributed by atoms with E-state index in [2.05, 4.69) is 34.8 Å². The van der Waals surface area contributed by atoms with Crippen LogP contribution in [-0.4, -0.2) is 24.5 Å². The lowest BCUT2D eigenvalue weighted by Crippen LogP contribution is -2.19. The van der Waals surface area contributed by atoms with Crippen LogP contribution in [0.25, 0.3) is 10.8 Å². The van der Waals surface area contributed by atoms with Crippen molar-refractivity contribution >= 4 is 34.7 Å². The van der Waals surface area contributed by atoms with Crippen molar-refractivity contribution in [1.29, 1.82) is 5.26 Å². The lowest BCUT2D eigenvalue weighted by atomic mass is 10.1. The minimum atomic E-state index is -0.190. The maximum absolute atomic E-state index is 12.3. The van der Waals surface area contributed by atoms with Crippen molar-refractivity contribution < 1.29 is 14.3 Å². The number of thioether (sulfide) groups is 1. The first kappa shape index (κ1) is 24.8. The molecule has 1 N–H and O–H groups in total. The Bertz CT molecular complexity index is 1420. The topological polar surface area (TPSA) is 83.7 Å². The van der Waals surface area contributed by atoms with Crippen LogP contribution in [0.15, 0.2) is 94.9 Å². The van der Waals surface area contributed by atoms with Gasteiger partial charge in [-0.25, -0.2) is 5.43 Å². The van der Waals surface area contributed by atoms with Crippen molar-refractivity contribution in [1.82, 2.24) is 5.43 Å². The van der Waals surface area contributed by atoms with E-state index in [1.54, 1.807) is 24.4 Å². The van der Waals surface area contributed by atoms with E-state index in [0.29, 0.717) is 23.7 Å². The third-order valence-corrected chi connectivity index (χ3v) is 6.37. The molecule has 0 saturated carbocycles. The summed E-state index contributed by atoms with van der Waals surface area (Å²) in [6, 6.07) is 29.1. The highest BCUT2D eigenvalue weighted by atomic mass is 32.2. The number of nitrogens with zero attached hydrogens (tertiary/aromatic N) is 2. The van der Waals surface area contributed by atoms with Crippen LogP contribution < -0.4 is 14.9 Å². The van der Waals surface area contributed by atoms with Gasteiger partial charge in [0.25, 0.3) is 0 Å². The number of benzene rings is 4. The van der Waals surface area contributed by atoms with E-state index < -0.39 is 0 Å². The fourth-order valence-electron chi connectivity index (χ4n) is 3.58. The maximum Gasteiger partial charge on any atom is 0.250 e. The Balaban J connectivity index is 1.35. The second kappa shape index (κ2) is 12.4. The highest BCUT2D eigenvalue weighted by Gasteiger charge is 2.09. The zero-order valence-electron chi connectivity index (χ0n) is 19.8. The number of hydrogen-bond donors (Lipinski definition) is 1. The van der Waals surface area contributed by atoms with E-state index in [4.69, 9.17) is 9.47 Å². The standard InChI is InChI=1S/C29H25N3O3S/c1-2-34-27-16-21(14-15-26(27)35-19-24-10-4-3-9-23(24)17-30)18-31-32-29(33)20-36-28-13-7-11-22-8-5-6-12-25(22)28/h3-16,18H,2,19-20H2,1H3,(H,32,33)/b31-18-. The van der Waals surface area contributed by atoms with Gasteiger partial charge in [0.05, 0.1) is 30.2 Å². The van der Waals surface area contributed by atoms with Crippen LogP contribution in [-0.2, 0) is 11.4 Å². The molecule has 1 amide bonds. The number of rotatable bonds is 10. The number of carbonyl (C=O) groups is 1. The van der Waals surface area contributed by atoms with Gasteiger partial charge >= 0.3 is 0 Å². The molecule has 0 radical (unpaired) electrons. The van der Waals surface area contributed by atoms with Crippen LogP contribution in [0.4, 0.5) is 0 Å². The van der Waals surface area contributed by atoms with Crippen LogP contribution in [0.2, 0.25) is 0 Å². The van der Waals surface area contributed by atoms with Crippen molar-refractivity contribution in [3.05, 3.63) is 102 Å². The van der Waals surface area contributed by atoms with Crippen molar-refractivity contribution in [3.8, 4) is 17.6 Å². The molecule has 180 valence electrons. The largest absolute Gasteiger partial charge is 0.490 e. The summed E-state index contributed by atoms with van der Waals surface area (Å²) in [5, 5.41) is 15.6. The fourth-order valence-corrected chi connectivity index (χ4v) is 4.45. The first-order valence-corrected chi connectivity index (χ1v) is 12.5. The van der Waals surface area contributed by atoms with Crippen molar-refractivity contribution in [2.24, 2.45) is 5.10 Å². The Labute approximate surface area is 214 Å². The summed E-state index contributed by atoms with van der Waals surface area (Å²) in [7, 11) is 0. The van der Waals surface area contributed by atoms with Crippen LogP contribution in [0, 0.1) is 11.3 Å². The SMILES string of the molecule is CCOc1cc(/C=N\NC(=O)CSc2cccc3ccccc23)ccc1OCc1ccccc1C#N. The smallest absolute Gasteiger partial charge is 0.250 e. The van der Waals surface area contributed by atoms with Gasteiger partial charge in [0.2, 0.25) is 5.91 Å². The van der Waals surface area contributed by atoms with Gasteiger partial charge in [-0.1, -0.05) is 54.6 Å². The molecule has 0 saturated heterocycles. The summed E-state index contributed by atoms with van der Waals surface area (Å²) >= 11 is 1.48. The van der Waals surface area contributed by atoms with E-state index >= 15 is 0 Å². The number of carbonyl (C=O) groups excluding carboxylic acids is 1. The minimum Gasteiger partial charge on any atom is -0.490 e. The number of fused-ring (bicyclic) bond motifs is 1. The molecule has 0 aromatic heterocycles. The average molecular weight is 496 g/mol. The molecule has 0 unspecified atom stereocenters. The molecule has 4 rings (SSSR count). The summed E-state index contributed by atoms with van der Waals surface area (Å²) in [4.78, 5) is 13.4. The predicted octanol–water partition coefficient (Wildman–Crippen LogP) is 5.93. The Kier molecular flexibility index (Phi) is 8.57. The highest BCUT2D eigenvalue weighted by molar-refractivity contribution is 8.00. The average Bonchev–Trinajstić information content (AvgIpc) is 2.91. The van der Waals surface area contributed by atoms with Crippen LogP contribution in [0.1, 0.15) is 23.6 Å². The molecule has 4 aromatic rings. The molecule has 7 heteroatoms. The zero-order valence-corrected chi connectivity index (χ0v) is 20.6. The molecular formula is C29H25N3O3S. The normalized spacial score (nSPS) is 10.8. The number of hydrazone groups is 1. The minimum absolute atomic E-state index is 0.190. The number of nitrogens with one attached hydrogen (secondary N) is 1. The van der Waals surface area contributed by atoms with E-state index in [1.165, 1.54) is 11.8 Å². The van der Waals surface area contributed by atoms with Crippen molar-refractivity contribution in [3.63, 3.8) is 0 Å². The molecule has 0 aliphatic rings. The Hall–Kier alpha value is -4.28. The molecule has 0 fully saturated rings. The third-order valence-electron chi connectivity index (χ3n) is 5.30. The molecule has 36 heavy (non-hydrogen) atoms. The Morgan fingerprint density at radius 3 is 2.67 bits per heavy atom. The third kappa shape index (κ3) is 6.44. The van der Waals surface area contributed by atoms with Gasteiger partial charge < -0.3 is 9.47 Å². The quantitative estimate of drug-likeness (QED) is 0.167. The number of amides is 1. The van der Waals surface area contributed by atoms with E-state index in [-0.39, 0.29) is 18.3 Å². The second-order valence-electron chi connectivity index (χ2n) is 7.76. The van der Waals surface area contributed by atoms with E-state index in [1.807, 2.05) is 55.5 Å². The summed E-state index contributed by atoms with van der Waals surface area (Å²) < 4.78 is 11.7. The van der Waals surface area contributed by atoms with E-state index in [0.717, 1.165) is 26.8 Å². The summed E-state index contributed by atoms with van der Waals surface area (Å²) in [6.07, 6.45) is 1.57. The lowest BCUT2D eigenvalue weighted by molar-refractivity contribution is -0.118. The molecule has 4 aromatic carbocycles. The van der Waals surface area contributed by atoms with Gasteiger partial charge in [0, 0.05) is 10.5 Å². The number of ether oxygens (including phenoxy) is 2. The maximum atomic E-state index is 12.3. The Morgan fingerprint density at radius 1 is 1.00 bits per heavy atom. The zero-order chi connectivity index (χ0) is 25.2. The second-order valence-corrected chi connectivity index (χ2v) is 8.77. The molecule has 0 aliphatic carbocycles. The Morgan fingerprint density at radius 2 is 1.81 bits per heavy atom. The van der Waals surface area contributed by atoms with Crippen LogP contribution in [0.3, 0.4) is 0 Å². The molecule has 0 bridgehead atoms. The number of hydrogen-bond acceptors (Lipinski definition) is 6. The fraction of sp³-hybridized carbons (Fsp3) is 0.138. The first-order chi connectivity index (χ1) is 17.7. The number of nitriles is 1. The van der Waals surface area contributed by atoms with Gasteiger partial charge in [0.1, 0.15) is 6.61 Å². The van der Waals surface area contributed by atoms with Crippen LogP contribution in [0.5, 0.6) is 11.5 Å². The molecule has 6 nitrogen and oxygen atoms in total. The van der Waals surface area contributed by atoms with Gasteiger partial charge in [-0.15, -0.1) is 11.8 Å². The first-order valence-electron chi connectivity index (χ1n) is 11.5. The predicted molar refractivity (Wildman–Crippen MR) is 144 cm³/mol. The molecular weight excluding hydrogens is 470 g/mol. The van der Waals surface area contributed by atoms with Crippen molar-refractivity contribution in [2.75, 3.05) is 12.4 Å².